The minimum Gasteiger partial charge on any atom is -0.208 e. The maximum Gasteiger partial charge on any atom is 0.164 e. The normalized spacial score (nSPS) is 11.7. The number of hydrogen-bond donors (Lipinski definition) is 0. The van der Waals surface area contributed by atoms with Gasteiger partial charge in [0, 0.05) is 16.7 Å². The Labute approximate surface area is 440 Å². The van der Waals surface area contributed by atoms with Gasteiger partial charge in [0.1, 0.15) is 0 Å². The molecule has 0 fully saturated rings. The van der Waals surface area contributed by atoms with Gasteiger partial charge in [-0.15, -0.1) is 0 Å². The lowest BCUT2D eigenvalue weighted by Gasteiger charge is -2.19. The number of nitrogens with zero attached hydrogens (tertiary/aromatic N) is 4. The first-order valence-corrected chi connectivity index (χ1v) is 25.7. The molecule has 4 nitrogen and oxygen atoms in total. The molecule has 0 saturated carbocycles. The number of nitriles is 1. The van der Waals surface area contributed by atoms with Crippen LogP contribution < -0.4 is 0 Å². The summed E-state index contributed by atoms with van der Waals surface area (Å²) in [5.74, 6) is 1.69. The molecule has 15 rings (SSSR count). The van der Waals surface area contributed by atoms with Crippen LogP contribution in [0.3, 0.4) is 0 Å². The number of benzene rings is 12. The molecule has 0 spiro atoms. The summed E-state index contributed by atoms with van der Waals surface area (Å²) in [6.07, 6.45) is 0. The number of hydrogen-bond acceptors (Lipinski definition) is 4. The van der Waals surface area contributed by atoms with E-state index < -0.39 is 0 Å². The molecule has 0 bridgehead atoms. The second-order valence-electron chi connectivity index (χ2n) is 19.7. The topological polar surface area (TPSA) is 62.5 Å². The molecule has 4 heteroatoms. The van der Waals surface area contributed by atoms with Crippen molar-refractivity contribution < 1.29 is 0 Å². The number of aromatic nitrogens is 3. The molecule has 350 valence electrons. The van der Waals surface area contributed by atoms with Gasteiger partial charge in [0.05, 0.1) is 11.6 Å². The molecule has 1 aromatic heterocycles. The van der Waals surface area contributed by atoms with Crippen molar-refractivity contribution in [2.75, 3.05) is 0 Å². The average molecular weight is 963 g/mol. The van der Waals surface area contributed by atoms with Gasteiger partial charge < -0.3 is 0 Å². The molecular formula is C72H42N4. The third-order valence-electron chi connectivity index (χ3n) is 15.5. The van der Waals surface area contributed by atoms with E-state index in [1.807, 2.05) is 48.5 Å². The molecule has 2 aliphatic rings. The van der Waals surface area contributed by atoms with E-state index in [-0.39, 0.29) is 0 Å². The lowest BCUT2D eigenvalue weighted by Crippen LogP contribution is -2.01. The average Bonchev–Trinajstić information content (AvgIpc) is 4.02. The predicted octanol–water partition coefficient (Wildman–Crippen LogP) is 18.7. The largest absolute Gasteiger partial charge is 0.208 e. The summed E-state index contributed by atoms with van der Waals surface area (Å²) in [6.45, 7) is 0. The van der Waals surface area contributed by atoms with Crippen LogP contribution >= 0.6 is 0 Å². The van der Waals surface area contributed by atoms with E-state index in [2.05, 4.69) is 212 Å². The molecule has 0 atom stereocenters. The van der Waals surface area contributed by atoms with Gasteiger partial charge in [-0.2, -0.15) is 5.26 Å². The standard InChI is InChI=1S/C72H42N4/c73-43-44-28-36-54(52-35-37-53(46-14-3-1-4-15-46)65(42-52)62-39-33-48-20-13-26-59-55-21-7-9-23-60(55)69(62)68(48)59)64(40-44)56-22-8-10-24-63(56)72-75-70(49-16-5-2-6-17-49)74-71(76-72)50-31-29-45(30-32-50)51-34-38-57-58-25-11-18-47-19-12-27-61(67(47)58)66(57)41-51/h1-42H. The molecule has 0 unspecified atom stereocenters. The first-order valence-electron chi connectivity index (χ1n) is 25.7. The van der Waals surface area contributed by atoms with Crippen LogP contribution in [-0.2, 0) is 0 Å². The second kappa shape index (κ2) is 17.4. The van der Waals surface area contributed by atoms with Gasteiger partial charge in [-0.25, -0.2) is 15.0 Å². The van der Waals surface area contributed by atoms with Gasteiger partial charge in [-0.05, 0) is 146 Å². The van der Waals surface area contributed by atoms with Crippen molar-refractivity contribution in [1.29, 1.82) is 5.26 Å². The van der Waals surface area contributed by atoms with Gasteiger partial charge in [-0.1, -0.05) is 231 Å². The summed E-state index contributed by atoms with van der Waals surface area (Å²) in [6, 6.07) is 92.9. The number of fused-ring (bicyclic) bond motifs is 6. The smallest absolute Gasteiger partial charge is 0.164 e. The van der Waals surface area contributed by atoms with Crippen molar-refractivity contribution in [2.24, 2.45) is 0 Å². The molecule has 0 N–H and O–H groups in total. The van der Waals surface area contributed by atoms with Crippen LogP contribution in [0.1, 0.15) is 5.56 Å². The molecule has 12 aromatic carbocycles. The van der Waals surface area contributed by atoms with Crippen molar-refractivity contribution in [3.05, 3.63) is 260 Å². The second-order valence-corrected chi connectivity index (χ2v) is 19.7. The molecule has 0 radical (unpaired) electrons. The van der Waals surface area contributed by atoms with Crippen molar-refractivity contribution >= 4 is 21.5 Å². The van der Waals surface area contributed by atoms with E-state index in [1.165, 1.54) is 71.6 Å². The zero-order chi connectivity index (χ0) is 50.3. The molecule has 1 heterocycles. The fourth-order valence-electron chi connectivity index (χ4n) is 12.0. The highest BCUT2D eigenvalue weighted by atomic mass is 15.0. The minimum atomic E-state index is 0.540. The zero-order valence-corrected chi connectivity index (χ0v) is 41.0. The van der Waals surface area contributed by atoms with Crippen molar-refractivity contribution in [3.8, 4) is 140 Å². The molecule has 0 saturated heterocycles. The Morgan fingerprint density at radius 3 is 1.38 bits per heavy atom. The zero-order valence-electron chi connectivity index (χ0n) is 41.0. The Balaban J connectivity index is 0.865. The summed E-state index contributed by atoms with van der Waals surface area (Å²) in [4.78, 5) is 15.7. The Kier molecular flexibility index (Phi) is 9.91. The van der Waals surface area contributed by atoms with Crippen LogP contribution in [0, 0.1) is 11.3 Å². The summed E-state index contributed by atoms with van der Waals surface area (Å²) < 4.78 is 0. The van der Waals surface area contributed by atoms with E-state index in [4.69, 9.17) is 15.0 Å². The lowest BCUT2D eigenvalue weighted by molar-refractivity contribution is 1.07. The quantitative estimate of drug-likeness (QED) is 0.152. The highest BCUT2D eigenvalue weighted by Gasteiger charge is 2.27. The van der Waals surface area contributed by atoms with Crippen molar-refractivity contribution in [3.63, 3.8) is 0 Å². The molecule has 2 aliphatic carbocycles. The van der Waals surface area contributed by atoms with Crippen LogP contribution in [0.25, 0.3) is 156 Å². The highest BCUT2D eigenvalue weighted by molar-refractivity contribution is 6.20. The summed E-state index contributed by atoms with van der Waals surface area (Å²) >= 11 is 0. The third kappa shape index (κ3) is 6.95. The Morgan fingerprint density at radius 2 is 0.671 bits per heavy atom. The van der Waals surface area contributed by atoms with E-state index in [0.717, 1.165) is 66.8 Å². The van der Waals surface area contributed by atoms with Crippen molar-refractivity contribution in [2.45, 2.75) is 0 Å². The fraction of sp³-hybridized carbons (Fsp3) is 0. The Hall–Kier alpha value is -10.3. The number of rotatable bonds is 8. The van der Waals surface area contributed by atoms with E-state index in [1.54, 1.807) is 0 Å². The highest BCUT2D eigenvalue weighted by Crippen LogP contribution is 2.53. The fourth-order valence-corrected chi connectivity index (χ4v) is 12.0. The molecular weight excluding hydrogens is 921 g/mol. The van der Waals surface area contributed by atoms with E-state index >= 15 is 0 Å². The Morgan fingerprint density at radius 1 is 0.237 bits per heavy atom. The maximum atomic E-state index is 10.5. The van der Waals surface area contributed by atoms with Gasteiger partial charge in [0.15, 0.2) is 17.5 Å². The first-order chi connectivity index (χ1) is 37.6. The van der Waals surface area contributed by atoms with Crippen LogP contribution in [-0.4, -0.2) is 15.0 Å². The monoisotopic (exact) mass is 962 g/mol. The lowest BCUT2D eigenvalue weighted by atomic mass is 9.85. The predicted molar refractivity (Wildman–Crippen MR) is 312 cm³/mol. The molecule has 76 heavy (non-hydrogen) atoms. The molecule has 13 aromatic rings. The van der Waals surface area contributed by atoms with Gasteiger partial charge in [-0.3, -0.25) is 0 Å². The van der Waals surface area contributed by atoms with Gasteiger partial charge >= 0.3 is 0 Å². The third-order valence-corrected chi connectivity index (χ3v) is 15.5. The maximum absolute atomic E-state index is 10.5. The first kappa shape index (κ1) is 43.3. The summed E-state index contributed by atoms with van der Waals surface area (Å²) in [7, 11) is 0. The van der Waals surface area contributed by atoms with Crippen molar-refractivity contribution in [1.82, 2.24) is 15.0 Å². The minimum absolute atomic E-state index is 0.540. The van der Waals surface area contributed by atoms with Crippen LogP contribution in [0.4, 0.5) is 0 Å². The Bertz CT molecular complexity index is 4560. The molecule has 0 aliphatic heterocycles. The van der Waals surface area contributed by atoms with E-state index in [9.17, 15) is 5.26 Å². The van der Waals surface area contributed by atoms with Crippen LogP contribution in [0.2, 0.25) is 0 Å². The van der Waals surface area contributed by atoms with Gasteiger partial charge in [0.2, 0.25) is 0 Å². The summed E-state index contributed by atoms with van der Waals surface area (Å²) in [5.41, 5.74) is 24.0. The van der Waals surface area contributed by atoms with Crippen LogP contribution in [0.15, 0.2) is 255 Å². The van der Waals surface area contributed by atoms with E-state index in [0.29, 0.717) is 23.0 Å². The molecule has 0 amide bonds. The van der Waals surface area contributed by atoms with Crippen LogP contribution in [0.5, 0.6) is 0 Å². The summed E-state index contributed by atoms with van der Waals surface area (Å²) in [5, 5.41) is 15.6. The SMILES string of the molecule is N#Cc1ccc(-c2ccc(-c3ccccc3)c(-c3ccc4cccc5c4c3-c3ccccc3-5)c2)c(-c2ccccc2-c2nc(-c3ccccc3)nc(-c3ccc(-c4ccc5c(c4)-c4cccc6cccc-5c46)cc3)n2)c1. The van der Waals surface area contributed by atoms with Gasteiger partial charge in [0.25, 0.3) is 0 Å².